The Morgan fingerprint density at radius 2 is 2.00 bits per heavy atom. The summed E-state index contributed by atoms with van der Waals surface area (Å²) < 4.78 is 13.9. The van der Waals surface area contributed by atoms with E-state index in [2.05, 4.69) is 20.2 Å². The highest BCUT2D eigenvalue weighted by molar-refractivity contribution is 5.77. The summed E-state index contributed by atoms with van der Waals surface area (Å²) in [7, 11) is 0. The number of aromatic amines is 1. The number of nitrogens with zero attached hydrogens (tertiary/aromatic N) is 2. The average Bonchev–Trinajstić information content (AvgIpc) is 3.04. The molecule has 1 aromatic heterocycles. The number of imidazole rings is 1. The lowest BCUT2D eigenvalue weighted by Crippen LogP contribution is -2.36. The number of piperidine rings is 1. The minimum absolute atomic E-state index is 0.117. The molecule has 0 bridgehead atoms. The first-order chi connectivity index (χ1) is 12.6. The van der Waals surface area contributed by atoms with Crippen molar-refractivity contribution in [2.24, 2.45) is 0 Å². The first-order valence-electron chi connectivity index (χ1n) is 9.04. The predicted octanol–water partition coefficient (Wildman–Crippen LogP) is 3.84. The fourth-order valence-electron chi connectivity index (χ4n) is 3.57. The lowest BCUT2D eigenvalue weighted by molar-refractivity contribution is 0.145. The van der Waals surface area contributed by atoms with Crippen LogP contribution in [0.4, 0.5) is 16.0 Å². The Morgan fingerprint density at radius 1 is 1.23 bits per heavy atom. The van der Waals surface area contributed by atoms with E-state index in [0.717, 1.165) is 48.2 Å². The first kappa shape index (κ1) is 16.8. The topological polar surface area (TPSA) is 64.2 Å². The molecular formula is C20H23FN4O. The van der Waals surface area contributed by atoms with Crippen LogP contribution < -0.4 is 10.2 Å². The van der Waals surface area contributed by atoms with Crippen molar-refractivity contribution in [3.63, 3.8) is 0 Å². The lowest BCUT2D eigenvalue weighted by Gasteiger charge is -2.34. The van der Waals surface area contributed by atoms with Crippen LogP contribution in [0.5, 0.6) is 0 Å². The molecule has 0 aliphatic carbocycles. The van der Waals surface area contributed by atoms with Gasteiger partial charge in [-0.05, 0) is 50.1 Å². The van der Waals surface area contributed by atoms with Gasteiger partial charge in [0.1, 0.15) is 5.82 Å². The molecule has 0 spiro atoms. The smallest absolute Gasteiger partial charge is 0.201 e. The van der Waals surface area contributed by atoms with E-state index in [1.807, 2.05) is 37.3 Å². The molecule has 1 fully saturated rings. The van der Waals surface area contributed by atoms with E-state index in [1.54, 1.807) is 6.07 Å². The molecule has 1 unspecified atom stereocenters. The van der Waals surface area contributed by atoms with Crippen LogP contribution in [0.15, 0.2) is 42.5 Å². The van der Waals surface area contributed by atoms with Crippen molar-refractivity contribution in [1.82, 2.24) is 9.97 Å². The lowest BCUT2D eigenvalue weighted by atomic mass is 10.0. The standard InChI is InChI=1S/C20H23FN4O/c1-13(22-20-23-17-4-2-3-5-18(17)24-20)16-12-14(21)6-7-19(16)25-10-8-15(26)9-11-25/h2-7,12-13,15,26H,8-11H2,1H3,(H2,22,23,24). The van der Waals surface area contributed by atoms with E-state index in [1.165, 1.54) is 6.07 Å². The average molecular weight is 354 g/mol. The summed E-state index contributed by atoms with van der Waals surface area (Å²) in [5.74, 6) is 0.419. The maximum atomic E-state index is 13.9. The van der Waals surface area contributed by atoms with Crippen LogP contribution in [0, 0.1) is 5.82 Å². The third-order valence-electron chi connectivity index (χ3n) is 5.00. The highest BCUT2D eigenvalue weighted by Gasteiger charge is 2.22. The minimum atomic E-state index is -0.251. The summed E-state index contributed by atoms with van der Waals surface area (Å²) >= 11 is 0. The molecule has 2 heterocycles. The zero-order valence-corrected chi connectivity index (χ0v) is 14.7. The molecule has 4 rings (SSSR count). The largest absolute Gasteiger partial charge is 0.393 e. The van der Waals surface area contributed by atoms with Gasteiger partial charge in [-0.25, -0.2) is 9.37 Å². The SMILES string of the molecule is CC(Nc1nc2ccccc2[nH]1)c1cc(F)ccc1N1CCC(O)CC1. The van der Waals surface area contributed by atoms with Gasteiger partial charge in [-0.3, -0.25) is 0 Å². The predicted molar refractivity (Wildman–Crippen MR) is 102 cm³/mol. The van der Waals surface area contributed by atoms with Gasteiger partial charge in [-0.1, -0.05) is 12.1 Å². The molecule has 1 saturated heterocycles. The summed E-state index contributed by atoms with van der Waals surface area (Å²) in [5, 5.41) is 13.1. The fourth-order valence-corrected chi connectivity index (χ4v) is 3.57. The van der Waals surface area contributed by atoms with Crippen LogP contribution in [-0.4, -0.2) is 34.3 Å². The number of aliphatic hydroxyl groups is 1. The Balaban J connectivity index is 1.60. The molecular weight excluding hydrogens is 331 g/mol. The van der Waals surface area contributed by atoms with Gasteiger partial charge in [0.05, 0.1) is 23.2 Å². The van der Waals surface area contributed by atoms with Gasteiger partial charge in [0.25, 0.3) is 0 Å². The van der Waals surface area contributed by atoms with Crippen molar-refractivity contribution in [3.05, 3.63) is 53.8 Å². The highest BCUT2D eigenvalue weighted by Crippen LogP contribution is 2.31. The molecule has 26 heavy (non-hydrogen) atoms. The Hall–Kier alpha value is -2.60. The molecule has 3 aromatic rings. The Labute approximate surface area is 151 Å². The molecule has 5 nitrogen and oxygen atoms in total. The number of para-hydroxylation sites is 2. The van der Waals surface area contributed by atoms with Gasteiger partial charge in [0, 0.05) is 24.3 Å². The van der Waals surface area contributed by atoms with Crippen molar-refractivity contribution in [2.45, 2.75) is 31.9 Å². The second-order valence-electron chi connectivity index (χ2n) is 6.89. The Bertz CT molecular complexity index is 869. The van der Waals surface area contributed by atoms with Crippen LogP contribution in [0.3, 0.4) is 0 Å². The fraction of sp³-hybridized carbons (Fsp3) is 0.350. The maximum absolute atomic E-state index is 13.9. The van der Waals surface area contributed by atoms with Crippen molar-refractivity contribution >= 4 is 22.7 Å². The van der Waals surface area contributed by atoms with E-state index < -0.39 is 0 Å². The van der Waals surface area contributed by atoms with Crippen molar-refractivity contribution in [2.75, 3.05) is 23.3 Å². The molecule has 2 aromatic carbocycles. The van der Waals surface area contributed by atoms with Gasteiger partial charge >= 0.3 is 0 Å². The number of aromatic nitrogens is 2. The summed E-state index contributed by atoms with van der Waals surface area (Å²) in [6.07, 6.45) is 1.24. The van der Waals surface area contributed by atoms with Gasteiger partial charge in [0.15, 0.2) is 0 Å². The molecule has 136 valence electrons. The van der Waals surface area contributed by atoms with E-state index in [0.29, 0.717) is 5.95 Å². The van der Waals surface area contributed by atoms with E-state index >= 15 is 0 Å². The summed E-state index contributed by atoms with van der Waals surface area (Å²) in [4.78, 5) is 10.0. The molecule has 0 radical (unpaired) electrons. The van der Waals surface area contributed by atoms with Gasteiger partial charge in [-0.15, -0.1) is 0 Å². The number of aliphatic hydroxyl groups excluding tert-OH is 1. The van der Waals surface area contributed by atoms with E-state index in [-0.39, 0.29) is 18.0 Å². The van der Waals surface area contributed by atoms with Gasteiger partial charge in [-0.2, -0.15) is 0 Å². The molecule has 3 N–H and O–H groups in total. The molecule has 1 aliphatic rings. The summed E-state index contributed by atoms with van der Waals surface area (Å²) in [5.41, 5.74) is 3.76. The van der Waals surface area contributed by atoms with Crippen LogP contribution in [0.2, 0.25) is 0 Å². The zero-order chi connectivity index (χ0) is 18.1. The number of anilines is 2. The summed E-state index contributed by atoms with van der Waals surface area (Å²) in [6.45, 7) is 3.55. The quantitative estimate of drug-likeness (QED) is 0.666. The van der Waals surface area contributed by atoms with Crippen molar-refractivity contribution in [3.8, 4) is 0 Å². The van der Waals surface area contributed by atoms with Crippen LogP contribution in [0.1, 0.15) is 31.4 Å². The van der Waals surface area contributed by atoms with E-state index in [9.17, 15) is 9.50 Å². The molecule has 0 amide bonds. The molecule has 1 aliphatic heterocycles. The van der Waals surface area contributed by atoms with Crippen molar-refractivity contribution in [1.29, 1.82) is 0 Å². The number of halogens is 1. The first-order valence-corrected chi connectivity index (χ1v) is 9.04. The number of hydrogen-bond acceptors (Lipinski definition) is 4. The van der Waals surface area contributed by atoms with E-state index in [4.69, 9.17) is 0 Å². The third-order valence-corrected chi connectivity index (χ3v) is 5.00. The number of fused-ring (bicyclic) bond motifs is 1. The van der Waals surface area contributed by atoms with Gasteiger partial charge in [0.2, 0.25) is 5.95 Å². The van der Waals surface area contributed by atoms with Crippen LogP contribution in [0.25, 0.3) is 11.0 Å². The monoisotopic (exact) mass is 354 g/mol. The number of benzene rings is 2. The Kier molecular flexibility index (Phi) is 4.51. The normalized spacial score (nSPS) is 16.8. The number of rotatable bonds is 4. The summed E-state index contributed by atoms with van der Waals surface area (Å²) in [6, 6.07) is 12.6. The number of H-pyrrole nitrogens is 1. The number of hydrogen-bond donors (Lipinski definition) is 3. The Morgan fingerprint density at radius 3 is 2.77 bits per heavy atom. The maximum Gasteiger partial charge on any atom is 0.201 e. The van der Waals surface area contributed by atoms with Crippen LogP contribution >= 0.6 is 0 Å². The van der Waals surface area contributed by atoms with Crippen LogP contribution in [-0.2, 0) is 0 Å². The third kappa shape index (κ3) is 3.37. The van der Waals surface area contributed by atoms with Gasteiger partial charge < -0.3 is 20.3 Å². The zero-order valence-electron chi connectivity index (χ0n) is 14.7. The second kappa shape index (κ2) is 6.96. The second-order valence-corrected chi connectivity index (χ2v) is 6.89. The molecule has 0 saturated carbocycles. The number of nitrogens with one attached hydrogen (secondary N) is 2. The minimum Gasteiger partial charge on any atom is -0.393 e. The van der Waals surface area contributed by atoms with Crippen molar-refractivity contribution < 1.29 is 9.50 Å². The molecule has 1 atom stereocenters. The highest BCUT2D eigenvalue weighted by atomic mass is 19.1. The molecule has 6 heteroatoms.